The van der Waals surface area contributed by atoms with Crippen LogP contribution in [0.5, 0.6) is 0 Å². The van der Waals surface area contributed by atoms with Crippen molar-refractivity contribution >= 4 is 17.5 Å². The van der Waals surface area contributed by atoms with Crippen LogP contribution in [0.2, 0.25) is 0 Å². The maximum atomic E-state index is 11.2. The Kier molecular flexibility index (Phi) is 2.37. The van der Waals surface area contributed by atoms with E-state index in [0.29, 0.717) is 0 Å². The number of pyridine rings is 1. The van der Waals surface area contributed by atoms with Gasteiger partial charge < -0.3 is 5.32 Å². The summed E-state index contributed by atoms with van der Waals surface area (Å²) in [7, 11) is 0. The Labute approximate surface area is 86.9 Å². The van der Waals surface area contributed by atoms with E-state index in [1.54, 1.807) is 6.20 Å². The third-order valence-corrected chi connectivity index (χ3v) is 2.22. The molecule has 15 heavy (non-hydrogen) atoms. The molecule has 0 radical (unpaired) electrons. The van der Waals surface area contributed by atoms with Gasteiger partial charge in [-0.3, -0.25) is 19.9 Å². The second-order valence-electron chi connectivity index (χ2n) is 3.50. The fraction of sp³-hybridized carbons (Fsp3) is 0.300. The summed E-state index contributed by atoms with van der Waals surface area (Å²) in [4.78, 5) is 26.2. The molecule has 5 nitrogen and oxygen atoms in total. The molecule has 1 aromatic rings. The number of nitrogens with one attached hydrogen (secondary N) is 2. The monoisotopic (exact) mass is 205 g/mol. The van der Waals surface area contributed by atoms with Gasteiger partial charge in [0.2, 0.25) is 11.8 Å². The zero-order chi connectivity index (χ0) is 10.8. The van der Waals surface area contributed by atoms with Crippen molar-refractivity contribution in [3.8, 4) is 0 Å². The molecular weight excluding hydrogens is 194 g/mol. The van der Waals surface area contributed by atoms with E-state index in [-0.39, 0.29) is 18.2 Å². The molecule has 1 saturated heterocycles. The Morgan fingerprint density at radius 1 is 1.47 bits per heavy atom. The minimum Gasteiger partial charge on any atom is -0.372 e. The van der Waals surface area contributed by atoms with Crippen molar-refractivity contribution in [3.05, 3.63) is 24.0 Å². The number of carbonyl (C=O) groups is 2. The number of aryl methyl sites for hydroxylation is 1. The molecule has 1 aromatic heterocycles. The van der Waals surface area contributed by atoms with E-state index in [1.165, 1.54) is 0 Å². The summed E-state index contributed by atoms with van der Waals surface area (Å²) in [6.07, 6.45) is 1.83. The summed E-state index contributed by atoms with van der Waals surface area (Å²) in [5, 5.41) is 5.19. The van der Waals surface area contributed by atoms with Crippen molar-refractivity contribution < 1.29 is 9.59 Å². The summed E-state index contributed by atoms with van der Waals surface area (Å²) in [6, 6.07) is 3.21. The van der Waals surface area contributed by atoms with Crippen molar-refractivity contribution in [2.75, 3.05) is 5.32 Å². The summed E-state index contributed by atoms with van der Waals surface area (Å²) in [5.41, 5.74) is 1.66. The smallest absolute Gasteiger partial charge is 0.249 e. The van der Waals surface area contributed by atoms with Gasteiger partial charge >= 0.3 is 0 Å². The van der Waals surface area contributed by atoms with Gasteiger partial charge in [-0.1, -0.05) is 0 Å². The van der Waals surface area contributed by atoms with E-state index < -0.39 is 6.04 Å². The fourth-order valence-corrected chi connectivity index (χ4v) is 1.42. The molecule has 1 fully saturated rings. The number of rotatable bonds is 2. The molecule has 0 aliphatic carbocycles. The molecular formula is C10H11N3O2. The van der Waals surface area contributed by atoms with Crippen LogP contribution in [-0.4, -0.2) is 22.8 Å². The summed E-state index contributed by atoms with van der Waals surface area (Å²) < 4.78 is 0. The molecule has 1 unspecified atom stereocenters. The molecule has 2 amide bonds. The number of imide groups is 1. The minimum absolute atomic E-state index is 0.187. The van der Waals surface area contributed by atoms with E-state index in [4.69, 9.17) is 0 Å². The average molecular weight is 205 g/mol. The van der Waals surface area contributed by atoms with Gasteiger partial charge in [0, 0.05) is 5.69 Å². The SMILES string of the molecule is Cc1ccc(NC2CC(=O)NC2=O)cn1. The number of nitrogens with zero attached hydrogens (tertiary/aromatic N) is 1. The van der Waals surface area contributed by atoms with Crippen LogP contribution < -0.4 is 10.6 Å². The Morgan fingerprint density at radius 2 is 2.27 bits per heavy atom. The highest BCUT2D eigenvalue weighted by Gasteiger charge is 2.30. The van der Waals surface area contributed by atoms with Gasteiger partial charge in [-0.15, -0.1) is 0 Å². The van der Waals surface area contributed by atoms with E-state index >= 15 is 0 Å². The quantitative estimate of drug-likeness (QED) is 0.677. The second kappa shape index (κ2) is 3.68. The molecule has 5 heteroatoms. The average Bonchev–Trinajstić information content (AvgIpc) is 2.49. The maximum Gasteiger partial charge on any atom is 0.249 e. The number of aromatic nitrogens is 1. The molecule has 0 saturated carbocycles. The topological polar surface area (TPSA) is 71.1 Å². The molecule has 1 aliphatic rings. The molecule has 78 valence electrons. The van der Waals surface area contributed by atoms with Gasteiger partial charge in [0.25, 0.3) is 0 Å². The summed E-state index contributed by atoms with van der Waals surface area (Å²) in [6.45, 7) is 1.88. The van der Waals surface area contributed by atoms with Crippen LogP contribution in [0.4, 0.5) is 5.69 Å². The summed E-state index contributed by atoms with van der Waals surface area (Å²) in [5.74, 6) is -0.516. The largest absolute Gasteiger partial charge is 0.372 e. The zero-order valence-corrected chi connectivity index (χ0v) is 8.28. The van der Waals surface area contributed by atoms with Crippen LogP contribution in [0.3, 0.4) is 0 Å². The summed E-state index contributed by atoms with van der Waals surface area (Å²) >= 11 is 0. The first kappa shape index (κ1) is 9.64. The van der Waals surface area contributed by atoms with Crippen molar-refractivity contribution in [2.24, 2.45) is 0 Å². The molecule has 0 aromatic carbocycles. The van der Waals surface area contributed by atoms with E-state index in [2.05, 4.69) is 15.6 Å². The highest BCUT2D eigenvalue weighted by molar-refractivity contribution is 6.06. The van der Waals surface area contributed by atoms with Crippen LogP contribution in [-0.2, 0) is 9.59 Å². The molecule has 0 spiro atoms. The first-order valence-electron chi connectivity index (χ1n) is 4.68. The standard InChI is InChI=1S/C10H11N3O2/c1-6-2-3-7(5-11-6)12-8-4-9(14)13-10(8)15/h2-3,5,8,12H,4H2,1H3,(H,13,14,15). The van der Waals surface area contributed by atoms with Gasteiger partial charge in [-0.05, 0) is 19.1 Å². The van der Waals surface area contributed by atoms with Crippen LogP contribution in [0, 0.1) is 6.92 Å². The first-order valence-corrected chi connectivity index (χ1v) is 4.68. The van der Waals surface area contributed by atoms with Gasteiger partial charge in [-0.25, -0.2) is 0 Å². The highest BCUT2D eigenvalue weighted by Crippen LogP contribution is 2.11. The molecule has 2 heterocycles. The third kappa shape index (κ3) is 2.12. The van der Waals surface area contributed by atoms with E-state index in [1.807, 2.05) is 19.1 Å². The van der Waals surface area contributed by atoms with E-state index in [0.717, 1.165) is 11.4 Å². The van der Waals surface area contributed by atoms with E-state index in [9.17, 15) is 9.59 Å². The van der Waals surface area contributed by atoms with Crippen LogP contribution in [0.1, 0.15) is 12.1 Å². The highest BCUT2D eigenvalue weighted by atomic mass is 16.2. The lowest BCUT2D eigenvalue weighted by Crippen LogP contribution is -2.30. The molecule has 2 N–H and O–H groups in total. The van der Waals surface area contributed by atoms with Crippen LogP contribution in [0.25, 0.3) is 0 Å². The Hall–Kier alpha value is -1.91. The normalized spacial score (nSPS) is 20.2. The number of hydrogen-bond donors (Lipinski definition) is 2. The fourth-order valence-electron chi connectivity index (χ4n) is 1.42. The van der Waals surface area contributed by atoms with Crippen molar-refractivity contribution in [3.63, 3.8) is 0 Å². The maximum absolute atomic E-state index is 11.2. The lowest BCUT2D eigenvalue weighted by atomic mass is 10.2. The number of carbonyl (C=O) groups excluding carboxylic acids is 2. The number of amides is 2. The second-order valence-corrected chi connectivity index (χ2v) is 3.50. The van der Waals surface area contributed by atoms with Crippen LogP contribution >= 0.6 is 0 Å². The van der Waals surface area contributed by atoms with Gasteiger partial charge in [0.05, 0.1) is 18.3 Å². The van der Waals surface area contributed by atoms with Crippen molar-refractivity contribution in [1.82, 2.24) is 10.3 Å². The zero-order valence-electron chi connectivity index (χ0n) is 8.28. The molecule has 0 bridgehead atoms. The molecule has 1 atom stereocenters. The first-order chi connectivity index (χ1) is 7.15. The Morgan fingerprint density at radius 3 is 2.80 bits per heavy atom. The third-order valence-electron chi connectivity index (χ3n) is 2.22. The van der Waals surface area contributed by atoms with Crippen molar-refractivity contribution in [1.29, 1.82) is 0 Å². The molecule has 1 aliphatic heterocycles. The predicted molar refractivity (Wildman–Crippen MR) is 54.2 cm³/mol. The lowest BCUT2D eigenvalue weighted by Gasteiger charge is -2.09. The number of hydrogen-bond acceptors (Lipinski definition) is 4. The molecule has 2 rings (SSSR count). The number of anilines is 1. The van der Waals surface area contributed by atoms with Gasteiger partial charge in [0.15, 0.2) is 0 Å². The van der Waals surface area contributed by atoms with Crippen molar-refractivity contribution in [2.45, 2.75) is 19.4 Å². The Balaban J connectivity index is 2.06. The minimum atomic E-state index is -0.470. The Bertz CT molecular complexity index is 400. The van der Waals surface area contributed by atoms with Crippen LogP contribution in [0.15, 0.2) is 18.3 Å². The predicted octanol–water partition coefficient (Wildman–Crippen LogP) is 0.217. The van der Waals surface area contributed by atoms with Gasteiger partial charge in [0.1, 0.15) is 6.04 Å². The van der Waals surface area contributed by atoms with Gasteiger partial charge in [-0.2, -0.15) is 0 Å². The lowest BCUT2D eigenvalue weighted by molar-refractivity contribution is -0.124.